The fraction of sp³-hybridized carbons (Fsp3) is 0.214. The van der Waals surface area contributed by atoms with Gasteiger partial charge in [-0.25, -0.2) is 13.2 Å². The van der Waals surface area contributed by atoms with Crippen LogP contribution in [0.1, 0.15) is 47.0 Å². The highest BCUT2D eigenvalue weighted by Crippen LogP contribution is 2.38. The second kappa shape index (κ2) is 11.5. The molecule has 0 saturated heterocycles. The summed E-state index contributed by atoms with van der Waals surface area (Å²) in [6, 6.07) is 15.1. The number of anilines is 1. The molecule has 0 saturated carbocycles. The molecule has 2 N–H and O–H groups in total. The van der Waals surface area contributed by atoms with E-state index in [1.165, 1.54) is 48.5 Å². The molecule has 0 aliphatic rings. The predicted octanol–water partition coefficient (Wildman–Crippen LogP) is 6.75. The highest BCUT2D eigenvalue weighted by Gasteiger charge is 2.33. The molecule has 41 heavy (non-hydrogen) atoms. The van der Waals surface area contributed by atoms with Gasteiger partial charge in [-0.2, -0.15) is 0 Å². The first kappa shape index (κ1) is 29.5. The highest BCUT2D eigenvalue weighted by molar-refractivity contribution is 7.92. The molecule has 4 rings (SSSR count). The quantitative estimate of drug-likeness (QED) is 0.208. The zero-order chi connectivity index (χ0) is 29.9. The summed E-state index contributed by atoms with van der Waals surface area (Å²) in [4.78, 5) is 11.0. The lowest BCUT2D eigenvalue weighted by Crippen LogP contribution is -2.17. The Kier molecular flexibility index (Phi) is 8.29. The molecule has 1 aromatic heterocycles. The number of hydrogen-bond donors (Lipinski definition) is 2. The number of carbonyl (C=O) groups is 1. The number of nitrogens with one attached hydrogen (secondary N) is 1. The van der Waals surface area contributed by atoms with Crippen LogP contribution in [0.3, 0.4) is 0 Å². The van der Waals surface area contributed by atoms with Gasteiger partial charge in [-0.1, -0.05) is 37.2 Å². The van der Waals surface area contributed by atoms with Gasteiger partial charge in [0.1, 0.15) is 29.6 Å². The number of hydrogen-bond acceptors (Lipinski definition) is 7. The average Bonchev–Trinajstić information content (AvgIpc) is 3.32. The van der Waals surface area contributed by atoms with Gasteiger partial charge in [0.25, 0.3) is 10.0 Å². The zero-order valence-corrected chi connectivity index (χ0v) is 22.8. The van der Waals surface area contributed by atoms with Crippen LogP contribution >= 0.6 is 0 Å². The molecule has 1 heterocycles. The molecule has 9 nitrogen and oxygen atoms in total. The van der Waals surface area contributed by atoms with Crippen molar-refractivity contribution in [2.75, 3.05) is 4.72 Å². The van der Waals surface area contributed by atoms with E-state index < -0.39 is 28.1 Å². The number of aromatic nitrogens is 1. The maximum absolute atomic E-state index is 13.0. The second-order valence-electron chi connectivity index (χ2n) is 9.28. The third kappa shape index (κ3) is 6.98. The van der Waals surface area contributed by atoms with E-state index in [0.717, 1.165) is 6.07 Å². The van der Waals surface area contributed by atoms with E-state index in [-0.39, 0.29) is 39.9 Å². The van der Waals surface area contributed by atoms with Gasteiger partial charge in [-0.3, -0.25) is 4.72 Å². The number of carboxylic acids is 1. The van der Waals surface area contributed by atoms with Crippen molar-refractivity contribution in [1.29, 1.82) is 0 Å². The summed E-state index contributed by atoms with van der Waals surface area (Å²) < 4.78 is 82.7. The molecule has 216 valence electrons. The number of aryl methyl sites for hydroxylation is 1. The first-order valence-corrected chi connectivity index (χ1v) is 13.7. The lowest BCUT2D eigenvalue weighted by atomic mass is 10.0. The first-order valence-electron chi connectivity index (χ1n) is 12.2. The van der Waals surface area contributed by atoms with Crippen LogP contribution in [-0.2, 0) is 16.6 Å². The fourth-order valence-electron chi connectivity index (χ4n) is 4.00. The maximum atomic E-state index is 13.0. The minimum atomic E-state index is -4.91. The molecule has 4 aromatic rings. The number of halogens is 3. The van der Waals surface area contributed by atoms with Gasteiger partial charge in [0, 0.05) is 11.5 Å². The fourth-order valence-corrected chi connectivity index (χ4v) is 5.17. The Bertz CT molecular complexity index is 1680. The van der Waals surface area contributed by atoms with Gasteiger partial charge in [0.15, 0.2) is 0 Å². The standard InChI is InChI=1S/C28H25F3N2O7S/c1-16(2)26-22(25(32-40-26)21-9-4-5-10-24(21)39-28(29,30)31)15-38-19-11-12-23(17(3)13-19)33-41(36,37)20-8-6-7-18(14-20)27(34)35/h4-14,16,33H,15H2,1-3H3,(H,34,35). The summed E-state index contributed by atoms with van der Waals surface area (Å²) in [6.07, 6.45) is -4.91. The van der Waals surface area contributed by atoms with Gasteiger partial charge in [0.05, 0.1) is 21.7 Å². The van der Waals surface area contributed by atoms with Crippen molar-refractivity contribution in [2.45, 2.75) is 44.6 Å². The predicted molar refractivity (Wildman–Crippen MR) is 142 cm³/mol. The van der Waals surface area contributed by atoms with E-state index in [0.29, 0.717) is 22.6 Å². The maximum Gasteiger partial charge on any atom is 0.573 e. The minimum Gasteiger partial charge on any atom is -0.489 e. The summed E-state index contributed by atoms with van der Waals surface area (Å²) in [5, 5.41) is 13.2. The van der Waals surface area contributed by atoms with E-state index in [1.54, 1.807) is 19.1 Å². The van der Waals surface area contributed by atoms with Crippen LogP contribution in [0.4, 0.5) is 18.9 Å². The molecule has 0 radical (unpaired) electrons. The summed E-state index contributed by atoms with van der Waals surface area (Å²) in [5.41, 5.74) is 1.21. The third-order valence-corrected chi connectivity index (χ3v) is 7.29. The van der Waals surface area contributed by atoms with Crippen LogP contribution in [0.5, 0.6) is 11.5 Å². The van der Waals surface area contributed by atoms with Crippen molar-refractivity contribution in [3.8, 4) is 22.8 Å². The van der Waals surface area contributed by atoms with Crippen LogP contribution in [0.15, 0.2) is 76.1 Å². The van der Waals surface area contributed by atoms with Crippen molar-refractivity contribution in [1.82, 2.24) is 5.16 Å². The number of para-hydroxylation sites is 1. The van der Waals surface area contributed by atoms with Crippen molar-refractivity contribution in [2.24, 2.45) is 0 Å². The normalized spacial score (nSPS) is 11.9. The Morgan fingerprint density at radius 1 is 1.07 bits per heavy atom. The van der Waals surface area contributed by atoms with Crippen molar-refractivity contribution >= 4 is 21.7 Å². The van der Waals surface area contributed by atoms with Gasteiger partial charge >= 0.3 is 12.3 Å². The molecule has 0 aliphatic heterocycles. The number of carboxylic acid groups (broad SMARTS) is 1. The minimum absolute atomic E-state index is 0.0759. The van der Waals surface area contributed by atoms with Gasteiger partial charge in [-0.15, -0.1) is 13.2 Å². The van der Waals surface area contributed by atoms with E-state index >= 15 is 0 Å². The van der Waals surface area contributed by atoms with Crippen LogP contribution in [0.2, 0.25) is 0 Å². The number of nitrogens with zero attached hydrogens (tertiary/aromatic N) is 1. The topological polar surface area (TPSA) is 128 Å². The monoisotopic (exact) mass is 590 g/mol. The number of aromatic carboxylic acids is 1. The zero-order valence-electron chi connectivity index (χ0n) is 22.0. The Morgan fingerprint density at radius 2 is 1.80 bits per heavy atom. The SMILES string of the molecule is Cc1cc(OCc2c(-c3ccccc3OC(F)(F)F)noc2C(C)C)ccc1NS(=O)(=O)c1cccc(C(=O)O)c1. The number of alkyl halides is 3. The summed E-state index contributed by atoms with van der Waals surface area (Å²) in [7, 11) is -4.09. The molecule has 0 atom stereocenters. The molecule has 0 spiro atoms. The Labute approximate surface area is 233 Å². The lowest BCUT2D eigenvalue weighted by Gasteiger charge is -2.15. The number of rotatable bonds is 10. The van der Waals surface area contributed by atoms with Crippen molar-refractivity contribution < 1.29 is 45.5 Å². The average molecular weight is 591 g/mol. The summed E-state index contributed by atoms with van der Waals surface area (Å²) in [5.74, 6) is -1.09. The molecule has 13 heteroatoms. The van der Waals surface area contributed by atoms with Crippen molar-refractivity contribution in [3.05, 3.63) is 89.2 Å². The second-order valence-corrected chi connectivity index (χ2v) is 11.0. The van der Waals surface area contributed by atoms with Crippen LogP contribution in [-0.4, -0.2) is 31.0 Å². The number of sulfonamides is 1. The van der Waals surface area contributed by atoms with Crippen LogP contribution in [0.25, 0.3) is 11.3 Å². The van der Waals surface area contributed by atoms with E-state index in [4.69, 9.17) is 14.4 Å². The summed E-state index contributed by atoms with van der Waals surface area (Å²) in [6.45, 7) is 5.21. The van der Waals surface area contributed by atoms with Crippen molar-refractivity contribution in [3.63, 3.8) is 0 Å². The Balaban J connectivity index is 1.57. The largest absolute Gasteiger partial charge is 0.573 e. The highest BCUT2D eigenvalue weighted by atomic mass is 32.2. The molecule has 0 unspecified atom stereocenters. The molecule has 0 aliphatic carbocycles. The molecular formula is C28H25F3N2O7S. The Morgan fingerprint density at radius 3 is 2.46 bits per heavy atom. The third-order valence-electron chi connectivity index (χ3n) is 5.93. The van der Waals surface area contributed by atoms with E-state index in [1.807, 2.05) is 13.8 Å². The molecule has 3 aromatic carbocycles. The molecule has 0 fully saturated rings. The number of ether oxygens (including phenoxy) is 2. The van der Waals surface area contributed by atoms with Gasteiger partial charge in [0.2, 0.25) is 0 Å². The van der Waals surface area contributed by atoms with Gasteiger partial charge in [-0.05, 0) is 61.0 Å². The smallest absolute Gasteiger partial charge is 0.489 e. The first-order chi connectivity index (χ1) is 19.2. The van der Waals surface area contributed by atoms with Crippen LogP contribution < -0.4 is 14.2 Å². The van der Waals surface area contributed by atoms with Crippen LogP contribution in [0, 0.1) is 6.92 Å². The molecule has 0 amide bonds. The van der Waals surface area contributed by atoms with E-state index in [9.17, 15) is 26.4 Å². The molecular weight excluding hydrogens is 565 g/mol. The summed E-state index contributed by atoms with van der Waals surface area (Å²) >= 11 is 0. The number of benzene rings is 3. The lowest BCUT2D eigenvalue weighted by molar-refractivity contribution is -0.274. The molecule has 0 bridgehead atoms. The van der Waals surface area contributed by atoms with E-state index in [2.05, 4.69) is 14.6 Å². The van der Waals surface area contributed by atoms with Gasteiger partial charge < -0.3 is 19.1 Å². The Hall–Kier alpha value is -4.52.